The fourth-order valence-corrected chi connectivity index (χ4v) is 6.71. The van der Waals surface area contributed by atoms with Gasteiger partial charge in [-0.25, -0.2) is 0 Å². The molecule has 0 saturated heterocycles. The van der Waals surface area contributed by atoms with Gasteiger partial charge in [0.1, 0.15) is 42.8 Å². The van der Waals surface area contributed by atoms with Crippen LogP contribution in [-0.4, -0.2) is 90.0 Å². The van der Waals surface area contributed by atoms with Gasteiger partial charge in [-0.15, -0.1) is 0 Å². The molecule has 1 aliphatic carbocycles. The van der Waals surface area contributed by atoms with Crippen molar-refractivity contribution in [2.24, 2.45) is 0 Å². The minimum atomic E-state index is -0.271. The molecule has 0 unspecified atom stereocenters. The number of rotatable bonds is 4. The van der Waals surface area contributed by atoms with Crippen LogP contribution in [-0.2, 0) is 49.4 Å². The van der Waals surface area contributed by atoms with E-state index in [0.29, 0.717) is 105 Å². The summed E-state index contributed by atoms with van der Waals surface area (Å²) in [7, 11) is 0. The van der Waals surface area contributed by atoms with E-state index in [1.807, 2.05) is 39.0 Å². The predicted octanol–water partition coefficient (Wildman–Crippen LogP) is 7.10. The maximum Gasteiger partial charge on any atom is 0.126 e. The van der Waals surface area contributed by atoms with Crippen LogP contribution in [0.15, 0.2) is 72.8 Å². The zero-order valence-corrected chi connectivity index (χ0v) is 31.5. The van der Waals surface area contributed by atoms with E-state index in [4.69, 9.17) is 37.9 Å². The zero-order valence-electron chi connectivity index (χ0n) is 31.5. The number of para-hydroxylation sites is 4. The lowest BCUT2D eigenvalue weighted by Gasteiger charge is -2.23. The van der Waals surface area contributed by atoms with Gasteiger partial charge in [-0.2, -0.15) is 0 Å². The van der Waals surface area contributed by atoms with Gasteiger partial charge in [0.15, 0.2) is 0 Å². The van der Waals surface area contributed by atoms with Crippen LogP contribution in [0.25, 0.3) is 0 Å². The van der Waals surface area contributed by atoms with Gasteiger partial charge < -0.3 is 43.0 Å². The average molecular weight is 727 g/mol. The maximum atomic E-state index is 11.7. The van der Waals surface area contributed by atoms with E-state index < -0.39 is 0 Å². The SMILES string of the molecule is CC(C)(C)OCCOc1c2cccc1Cc1cccc3c1OCCOCCOCCOCCOCCOc1c(cccc1C2)Cc1cccc(c1O)C3. The lowest BCUT2D eigenvalue weighted by molar-refractivity contribution is -0.0164. The van der Waals surface area contributed by atoms with Crippen molar-refractivity contribution in [3.63, 3.8) is 0 Å². The summed E-state index contributed by atoms with van der Waals surface area (Å²) in [5, 5.41) is 11.7. The van der Waals surface area contributed by atoms with Crippen molar-refractivity contribution in [2.75, 3.05) is 79.3 Å². The van der Waals surface area contributed by atoms with E-state index in [-0.39, 0.29) is 11.4 Å². The molecule has 6 rings (SSSR count). The summed E-state index contributed by atoms with van der Waals surface area (Å²) in [6.45, 7) is 11.4. The van der Waals surface area contributed by atoms with Crippen molar-refractivity contribution >= 4 is 0 Å². The Labute approximate surface area is 314 Å². The molecule has 0 saturated carbocycles. The maximum absolute atomic E-state index is 11.7. The summed E-state index contributed by atoms with van der Waals surface area (Å²) in [5.74, 6) is 2.71. The lowest BCUT2D eigenvalue weighted by atomic mass is 9.91. The molecular formula is C44H54O9. The molecule has 53 heavy (non-hydrogen) atoms. The smallest absolute Gasteiger partial charge is 0.126 e. The minimum Gasteiger partial charge on any atom is -0.507 e. The summed E-state index contributed by atoms with van der Waals surface area (Å²) in [4.78, 5) is 0. The molecule has 0 atom stereocenters. The number of phenols is 1. The van der Waals surface area contributed by atoms with Gasteiger partial charge in [-0.1, -0.05) is 72.8 Å². The second-order valence-electron chi connectivity index (χ2n) is 14.3. The van der Waals surface area contributed by atoms with E-state index >= 15 is 0 Å². The molecule has 0 amide bonds. The molecule has 1 aliphatic heterocycles. The second-order valence-corrected chi connectivity index (χ2v) is 14.3. The molecule has 1 heterocycles. The Kier molecular flexibility index (Phi) is 14.0. The molecule has 0 spiro atoms. The van der Waals surface area contributed by atoms with Gasteiger partial charge in [0.05, 0.1) is 65.1 Å². The van der Waals surface area contributed by atoms with E-state index in [0.717, 1.165) is 61.8 Å². The minimum absolute atomic E-state index is 0.271. The van der Waals surface area contributed by atoms with Crippen LogP contribution < -0.4 is 14.2 Å². The first-order valence-corrected chi connectivity index (χ1v) is 18.8. The van der Waals surface area contributed by atoms with Crippen LogP contribution >= 0.6 is 0 Å². The van der Waals surface area contributed by atoms with Crippen molar-refractivity contribution in [2.45, 2.75) is 52.1 Å². The summed E-state index contributed by atoms with van der Waals surface area (Å²) < 4.78 is 48.9. The van der Waals surface area contributed by atoms with E-state index in [2.05, 4.69) is 54.6 Å². The van der Waals surface area contributed by atoms with Gasteiger partial charge in [0.25, 0.3) is 0 Å². The fraction of sp³-hybridized carbons (Fsp3) is 0.455. The number of ether oxygens (including phenoxy) is 8. The highest BCUT2D eigenvalue weighted by atomic mass is 16.6. The average Bonchev–Trinajstić information content (AvgIpc) is 3.13. The molecule has 0 fully saturated rings. The third-order valence-corrected chi connectivity index (χ3v) is 9.19. The van der Waals surface area contributed by atoms with Crippen molar-refractivity contribution < 1.29 is 43.0 Å². The van der Waals surface area contributed by atoms with Crippen LogP contribution in [0.5, 0.6) is 23.0 Å². The lowest BCUT2D eigenvalue weighted by Crippen LogP contribution is -2.22. The summed E-state index contributed by atoms with van der Waals surface area (Å²) >= 11 is 0. The number of phenolic OH excluding ortho intramolecular Hbond substituents is 1. The highest BCUT2D eigenvalue weighted by Crippen LogP contribution is 2.38. The van der Waals surface area contributed by atoms with Crippen molar-refractivity contribution in [3.8, 4) is 23.0 Å². The Morgan fingerprint density at radius 1 is 0.472 bits per heavy atom. The quantitative estimate of drug-likeness (QED) is 0.195. The number of hydrogen-bond donors (Lipinski definition) is 1. The van der Waals surface area contributed by atoms with Crippen LogP contribution in [0, 0.1) is 0 Å². The Morgan fingerprint density at radius 3 is 1.21 bits per heavy atom. The van der Waals surface area contributed by atoms with E-state index in [9.17, 15) is 5.11 Å². The monoisotopic (exact) mass is 726 g/mol. The normalized spacial score (nSPS) is 16.6. The summed E-state index contributed by atoms with van der Waals surface area (Å²) in [5.41, 5.74) is 7.50. The van der Waals surface area contributed by atoms with Crippen molar-refractivity contribution in [1.29, 1.82) is 0 Å². The second kappa shape index (κ2) is 19.3. The van der Waals surface area contributed by atoms with Crippen LogP contribution in [0.3, 0.4) is 0 Å². The van der Waals surface area contributed by atoms with Crippen LogP contribution in [0.2, 0.25) is 0 Å². The largest absolute Gasteiger partial charge is 0.507 e. The third-order valence-electron chi connectivity index (χ3n) is 9.19. The molecule has 2 aliphatic rings. The van der Waals surface area contributed by atoms with Gasteiger partial charge in [-0.3, -0.25) is 0 Å². The third kappa shape index (κ3) is 11.2. The summed E-state index contributed by atoms with van der Waals surface area (Å²) in [6.07, 6.45) is 2.15. The molecule has 4 aromatic carbocycles. The van der Waals surface area contributed by atoms with Gasteiger partial charge in [0, 0.05) is 25.7 Å². The van der Waals surface area contributed by atoms with Crippen molar-refractivity contribution in [3.05, 3.63) is 117 Å². The van der Waals surface area contributed by atoms with Crippen LogP contribution in [0.1, 0.15) is 65.3 Å². The Hall–Kier alpha value is -4.12. The Balaban J connectivity index is 1.44. The Bertz CT molecular complexity index is 1650. The number of benzene rings is 4. The topological polar surface area (TPSA) is 94.1 Å². The number of aromatic hydroxyl groups is 1. The molecule has 0 radical (unpaired) electrons. The first kappa shape index (κ1) is 38.6. The first-order valence-electron chi connectivity index (χ1n) is 18.8. The van der Waals surface area contributed by atoms with E-state index in [1.54, 1.807) is 0 Å². The zero-order chi connectivity index (χ0) is 36.9. The molecular weight excluding hydrogens is 672 g/mol. The molecule has 9 heteroatoms. The van der Waals surface area contributed by atoms with Crippen LogP contribution in [0.4, 0.5) is 0 Å². The van der Waals surface area contributed by atoms with Gasteiger partial charge in [-0.05, 0) is 65.3 Å². The highest BCUT2D eigenvalue weighted by Gasteiger charge is 2.21. The Morgan fingerprint density at radius 2 is 0.811 bits per heavy atom. The molecule has 0 aromatic heterocycles. The molecule has 10 bridgehead atoms. The van der Waals surface area contributed by atoms with Gasteiger partial charge >= 0.3 is 0 Å². The molecule has 9 nitrogen and oxygen atoms in total. The van der Waals surface area contributed by atoms with E-state index in [1.165, 1.54) is 0 Å². The molecule has 1 N–H and O–H groups in total. The first-order chi connectivity index (χ1) is 25.9. The highest BCUT2D eigenvalue weighted by molar-refractivity contribution is 5.55. The van der Waals surface area contributed by atoms with Crippen molar-refractivity contribution in [1.82, 2.24) is 0 Å². The standard InChI is InChI=1S/C44H54O9/c1-44(2,3)53-27-26-52-43-38-14-7-15-39(43)31-37-13-6-11-35-29-33-9-4-8-32(40(33)45)28-34-10-5-12-36(30-38)41(34)50-24-22-48-20-18-46-16-17-47-19-21-49-23-25-51-42(35)37/h4-15,45H,16-31H2,1-3H3. The summed E-state index contributed by atoms with van der Waals surface area (Å²) in [6, 6.07) is 24.8. The molecule has 4 aromatic rings. The number of hydrogen-bond acceptors (Lipinski definition) is 9. The van der Waals surface area contributed by atoms with Gasteiger partial charge in [0.2, 0.25) is 0 Å². The fourth-order valence-electron chi connectivity index (χ4n) is 6.71. The molecule has 284 valence electrons. The number of fused-ring (bicyclic) bond motifs is 2. The predicted molar refractivity (Wildman–Crippen MR) is 204 cm³/mol.